The van der Waals surface area contributed by atoms with Crippen LogP contribution in [0.5, 0.6) is 0 Å². The molecule has 6 heteroatoms. The average Bonchev–Trinajstić information content (AvgIpc) is 2.74. The van der Waals surface area contributed by atoms with Gasteiger partial charge in [-0.3, -0.25) is 4.79 Å². The Balaban J connectivity index is 2.06. The van der Waals surface area contributed by atoms with Gasteiger partial charge in [-0.15, -0.1) is 0 Å². The highest BCUT2D eigenvalue weighted by Crippen LogP contribution is 2.27. The first-order chi connectivity index (χ1) is 8.24. The highest BCUT2D eigenvalue weighted by Gasteiger charge is 2.17. The van der Waals surface area contributed by atoms with Gasteiger partial charge < -0.3 is 9.88 Å². The van der Waals surface area contributed by atoms with Crippen LogP contribution in [0.4, 0.5) is 5.13 Å². The number of thiazole rings is 1. The van der Waals surface area contributed by atoms with E-state index in [-0.39, 0.29) is 5.56 Å². The molecule has 0 spiro atoms. The molecular weight excluding hydrogens is 236 g/mol. The van der Waals surface area contributed by atoms with Gasteiger partial charge in [0.15, 0.2) is 10.8 Å². The Morgan fingerprint density at radius 2 is 2.00 bits per heavy atom. The summed E-state index contributed by atoms with van der Waals surface area (Å²) in [5, 5.41) is 0.934. The third-order valence-electron chi connectivity index (χ3n) is 3.00. The van der Waals surface area contributed by atoms with Gasteiger partial charge in [-0.25, -0.2) is 4.98 Å². The summed E-state index contributed by atoms with van der Waals surface area (Å²) in [7, 11) is 0. The molecule has 5 nitrogen and oxygen atoms in total. The molecule has 90 valence electrons. The number of hydrogen-bond acceptors (Lipinski definition) is 5. The second kappa shape index (κ2) is 4.10. The number of nitrogens with one attached hydrogen (secondary N) is 1. The predicted octanol–water partition coefficient (Wildman–Crippen LogP) is 1.68. The van der Waals surface area contributed by atoms with Gasteiger partial charge in [0.25, 0.3) is 5.56 Å². The Kier molecular flexibility index (Phi) is 2.58. The van der Waals surface area contributed by atoms with Crippen LogP contribution in [0.15, 0.2) is 4.79 Å². The van der Waals surface area contributed by atoms with Gasteiger partial charge in [-0.05, 0) is 26.2 Å². The van der Waals surface area contributed by atoms with Crippen LogP contribution in [-0.2, 0) is 0 Å². The lowest BCUT2D eigenvalue weighted by molar-refractivity contribution is 0.577. The molecule has 0 aromatic carbocycles. The first-order valence-electron chi connectivity index (χ1n) is 5.86. The van der Waals surface area contributed by atoms with Crippen LogP contribution >= 0.6 is 11.3 Å². The van der Waals surface area contributed by atoms with Crippen molar-refractivity contribution < 1.29 is 0 Å². The van der Waals surface area contributed by atoms with Gasteiger partial charge in [-0.2, -0.15) is 4.98 Å². The summed E-state index contributed by atoms with van der Waals surface area (Å²) in [4.78, 5) is 25.5. The molecule has 3 rings (SSSR count). The minimum Gasteiger partial charge on any atom is -0.348 e. The number of fused-ring (bicyclic) bond motifs is 1. The molecular formula is C11H14N4OS. The molecule has 1 fully saturated rings. The molecule has 1 aliphatic heterocycles. The lowest BCUT2D eigenvalue weighted by Gasteiger charge is -2.25. The van der Waals surface area contributed by atoms with Gasteiger partial charge in [-0.1, -0.05) is 11.3 Å². The summed E-state index contributed by atoms with van der Waals surface area (Å²) < 4.78 is 0.635. The Bertz CT molecular complexity index is 597. The highest BCUT2D eigenvalue weighted by molar-refractivity contribution is 7.22. The molecule has 0 amide bonds. The third kappa shape index (κ3) is 1.93. The van der Waals surface area contributed by atoms with Gasteiger partial charge in [0.2, 0.25) is 0 Å². The van der Waals surface area contributed by atoms with Gasteiger partial charge >= 0.3 is 0 Å². The second-order valence-electron chi connectivity index (χ2n) is 4.35. The summed E-state index contributed by atoms with van der Waals surface area (Å²) in [5.41, 5.74) is 0.505. The number of piperidine rings is 1. The van der Waals surface area contributed by atoms with Crippen molar-refractivity contribution in [1.82, 2.24) is 15.0 Å². The van der Waals surface area contributed by atoms with E-state index in [0.717, 1.165) is 18.2 Å². The number of H-pyrrole nitrogens is 1. The molecule has 0 atom stereocenters. The standard InChI is InChI=1S/C11H14N4OS/c1-7-12-9-8(10(16)13-7)17-11(14-9)15-5-3-2-4-6-15/h2-6H2,1H3,(H,12,13,16). The zero-order valence-electron chi connectivity index (χ0n) is 9.69. The van der Waals surface area contributed by atoms with Crippen molar-refractivity contribution in [2.45, 2.75) is 26.2 Å². The van der Waals surface area contributed by atoms with Crippen molar-refractivity contribution >= 4 is 26.8 Å². The predicted molar refractivity (Wildman–Crippen MR) is 68.8 cm³/mol. The lowest BCUT2D eigenvalue weighted by Crippen LogP contribution is -2.29. The van der Waals surface area contributed by atoms with E-state index < -0.39 is 0 Å². The quantitative estimate of drug-likeness (QED) is 0.836. The molecule has 0 bridgehead atoms. The van der Waals surface area contributed by atoms with Crippen LogP contribution in [0.3, 0.4) is 0 Å². The SMILES string of the molecule is Cc1nc2nc(N3CCCCC3)sc2c(=O)[nH]1. The molecule has 1 saturated heterocycles. The minimum atomic E-state index is -0.0757. The maximum absolute atomic E-state index is 11.8. The molecule has 0 aliphatic carbocycles. The molecule has 2 aromatic heterocycles. The first kappa shape index (κ1) is 10.7. The molecule has 0 saturated carbocycles. The number of anilines is 1. The van der Waals surface area contributed by atoms with Crippen molar-refractivity contribution in [3.63, 3.8) is 0 Å². The van der Waals surface area contributed by atoms with E-state index in [0.29, 0.717) is 16.2 Å². The minimum absolute atomic E-state index is 0.0757. The summed E-state index contributed by atoms with van der Waals surface area (Å²) in [6, 6.07) is 0. The summed E-state index contributed by atoms with van der Waals surface area (Å²) >= 11 is 1.45. The van der Waals surface area contributed by atoms with Crippen molar-refractivity contribution in [3.8, 4) is 0 Å². The van der Waals surface area contributed by atoms with Crippen LogP contribution in [0, 0.1) is 6.92 Å². The maximum Gasteiger partial charge on any atom is 0.270 e. The fourth-order valence-corrected chi connectivity index (χ4v) is 3.11. The highest BCUT2D eigenvalue weighted by atomic mass is 32.1. The number of nitrogens with zero attached hydrogens (tertiary/aromatic N) is 3. The van der Waals surface area contributed by atoms with Crippen molar-refractivity contribution in [2.24, 2.45) is 0 Å². The van der Waals surface area contributed by atoms with Crippen molar-refractivity contribution in [3.05, 3.63) is 16.2 Å². The zero-order chi connectivity index (χ0) is 11.8. The van der Waals surface area contributed by atoms with Crippen LogP contribution in [0.2, 0.25) is 0 Å². The maximum atomic E-state index is 11.8. The Morgan fingerprint density at radius 3 is 2.76 bits per heavy atom. The van der Waals surface area contributed by atoms with E-state index in [4.69, 9.17) is 0 Å². The number of aryl methyl sites for hydroxylation is 1. The van der Waals surface area contributed by atoms with E-state index >= 15 is 0 Å². The monoisotopic (exact) mass is 250 g/mol. The number of aromatic amines is 1. The average molecular weight is 250 g/mol. The van der Waals surface area contributed by atoms with E-state index in [1.807, 2.05) is 0 Å². The largest absolute Gasteiger partial charge is 0.348 e. The van der Waals surface area contributed by atoms with Crippen molar-refractivity contribution in [2.75, 3.05) is 18.0 Å². The van der Waals surface area contributed by atoms with Gasteiger partial charge in [0.05, 0.1) is 0 Å². The molecule has 3 heterocycles. The lowest BCUT2D eigenvalue weighted by atomic mass is 10.1. The summed E-state index contributed by atoms with van der Waals surface area (Å²) in [6.07, 6.45) is 3.71. The summed E-state index contributed by atoms with van der Waals surface area (Å²) in [5.74, 6) is 0.623. The Morgan fingerprint density at radius 1 is 1.24 bits per heavy atom. The molecule has 2 aromatic rings. The van der Waals surface area contributed by atoms with Crippen LogP contribution in [0.1, 0.15) is 25.1 Å². The fourth-order valence-electron chi connectivity index (χ4n) is 2.15. The third-order valence-corrected chi connectivity index (χ3v) is 4.10. The number of aromatic nitrogens is 3. The molecule has 1 N–H and O–H groups in total. The Hall–Kier alpha value is -1.43. The topological polar surface area (TPSA) is 61.9 Å². The van der Waals surface area contributed by atoms with E-state index in [1.165, 1.54) is 30.6 Å². The molecule has 0 radical (unpaired) electrons. The zero-order valence-corrected chi connectivity index (χ0v) is 10.5. The van der Waals surface area contributed by atoms with E-state index in [2.05, 4.69) is 19.9 Å². The molecule has 1 aliphatic rings. The summed E-state index contributed by atoms with van der Waals surface area (Å²) in [6.45, 7) is 3.86. The van der Waals surface area contributed by atoms with Crippen molar-refractivity contribution in [1.29, 1.82) is 0 Å². The smallest absolute Gasteiger partial charge is 0.270 e. The van der Waals surface area contributed by atoms with Gasteiger partial charge in [0, 0.05) is 13.1 Å². The van der Waals surface area contributed by atoms with Crippen LogP contribution in [0.25, 0.3) is 10.3 Å². The number of hydrogen-bond donors (Lipinski definition) is 1. The Labute approximate surface area is 103 Å². The van der Waals surface area contributed by atoms with Crippen LogP contribution in [-0.4, -0.2) is 28.0 Å². The first-order valence-corrected chi connectivity index (χ1v) is 6.68. The normalized spacial score (nSPS) is 16.6. The molecule has 0 unspecified atom stereocenters. The van der Waals surface area contributed by atoms with E-state index in [9.17, 15) is 4.79 Å². The fraction of sp³-hybridized carbons (Fsp3) is 0.545. The van der Waals surface area contributed by atoms with Gasteiger partial charge in [0.1, 0.15) is 10.5 Å². The van der Waals surface area contributed by atoms with E-state index in [1.54, 1.807) is 6.92 Å². The second-order valence-corrected chi connectivity index (χ2v) is 5.33. The van der Waals surface area contributed by atoms with Crippen LogP contribution < -0.4 is 10.5 Å². The number of rotatable bonds is 1. The molecule has 17 heavy (non-hydrogen) atoms.